The summed E-state index contributed by atoms with van der Waals surface area (Å²) < 4.78 is 35.7. The zero-order chi connectivity index (χ0) is 36.7. The Bertz CT molecular complexity index is 1450. The van der Waals surface area contributed by atoms with E-state index >= 15 is 0 Å². The van der Waals surface area contributed by atoms with Gasteiger partial charge in [-0.15, -0.1) is 0 Å². The fourth-order valence-electron chi connectivity index (χ4n) is 4.23. The summed E-state index contributed by atoms with van der Waals surface area (Å²) in [4.78, 5) is 7.51. The Kier molecular flexibility index (Phi) is 23.3. The van der Waals surface area contributed by atoms with Crippen LogP contribution in [0.1, 0.15) is 94.3 Å². The van der Waals surface area contributed by atoms with Crippen molar-refractivity contribution in [3.8, 4) is 0 Å². The molecule has 0 amide bonds. The second-order valence-electron chi connectivity index (χ2n) is 11.4. The number of hydrogen-bond donors (Lipinski definition) is 0. The number of halogens is 3. The Labute approximate surface area is 285 Å². The van der Waals surface area contributed by atoms with E-state index in [2.05, 4.69) is 125 Å². The van der Waals surface area contributed by atoms with Crippen molar-refractivity contribution in [1.82, 2.24) is 0 Å². The van der Waals surface area contributed by atoms with Crippen molar-refractivity contribution in [3.63, 3.8) is 0 Å². The number of aryl methyl sites for hydroxylation is 5. The highest BCUT2D eigenvalue weighted by Crippen LogP contribution is 2.29. The van der Waals surface area contributed by atoms with Gasteiger partial charge in [0.1, 0.15) is 5.71 Å². The number of hydrogen-bond acceptors (Lipinski definition) is 2. The predicted octanol–water partition coefficient (Wildman–Crippen LogP) is 13.3. The van der Waals surface area contributed by atoms with Crippen molar-refractivity contribution in [2.45, 2.75) is 102 Å². The Hall–Kier alpha value is -3.99. The van der Waals surface area contributed by atoms with E-state index in [1.165, 1.54) is 39.0 Å². The van der Waals surface area contributed by atoms with Crippen molar-refractivity contribution >= 4 is 23.2 Å². The molecule has 0 atom stereocenters. The van der Waals surface area contributed by atoms with Gasteiger partial charge in [-0.1, -0.05) is 110 Å². The molecule has 3 aromatic carbocycles. The quantitative estimate of drug-likeness (QED) is 0.188. The van der Waals surface area contributed by atoms with Crippen LogP contribution in [0.2, 0.25) is 0 Å². The predicted molar refractivity (Wildman–Crippen MR) is 205 cm³/mol. The van der Waals surface area contributed by atoms with Gasteiger partial charge in [0.2, 0.25) is 0 Å². The molecule has 0 saturated carbocycles. The summed E-state index contributed by atoms with van der Waals surface area (Å²) in [6, 6.07) is 21.3. The van der Waals surface area contributed by atoms with Crippen LogP contribution in [0.25, 0.3) is 5.57 Å². The minimum atomic E-state index is -4.33. The van der Waals surface area contributed by atoms with Crippen LogP contribution >= 0.6 is 0 Å². The maximum Gasteiger partial charge on any atom is 0.432 e. The van der Waals surface area contributed by atoms with E-state index < -0.39 is 11.9 Å². The van der Waals surface area contributed by atoms with Crippen LogP contribution in [0.5, 0.6) is 0 Å². The van der Waals surface area contributed by atoms with E-state index in [0.717, 1.165) is 42.8 Å². The van der Waals surface area contributed by atoms with Crippen molar-refractivity contribution in [2.75, 3.05) is 7.05 Å². The van der Waals surface area contributed by atoms with E-state index in [1.807, 2.05) is 33.9 Å². The molecule has 0 fully saturated rings. The highest BCUT2D eigenvalue weighted by molar-refractivity contribution is 5.99. The van der Waals surface area contributed by atoms with E-state index in [-0.39, 0.29) is 0 Å². The highest BCUT2D eigenvalue weighted by Gasteiger charge is 2.33. The van der Waals surface area contributed by atoms with E-state index in [4.69, 9.17) is 0 Å². The molecule has 3 aromatic rings. The molecule has 0 aliphatic heterocycles. The third kappa shape index (κ3) is 20.7. The molecule has 47 heavy (non-hydrogen) atoms. The van der Waals surface area contributed by atoms with E-state index in [1.54, 1.807) is 13.8 Å². The molecular weight excluding hydrogens is 589 g/mol. The summed E-state index contributed by atoms with van der Waals surface area (Å²) in [6.07, 6.45) is 0.568. The summed E-state index contributed by atoms with van der Waals surface area (Å²) in [5, 5.41) is 0. The third-order valence-electron chi connectivity index (χ3n) is 6.28. The van der Waals surface area contributed by atoms with Gasteiger partial charge in [0, 0.05) is 18.8 Å². The van der Waals surface area contributed by atoms with Crippen molar-refractivity contribution in [1.29, 1.82) is 0 Å². The first kappa shape index (κ1) is 45.1. The molecule has 0 spiro atoms. The average Bonchev–Trinajstić information content (AvgIpc) is 2.97. The first-order valence-electron chi connectivity index (χ1n) is 16.1. The normalized spacial score (nSPS) is 10.5. The van der Waals surface area contributed by atoms with E-state index in [9.17, 15) is 13.2 Å². The van der Waals surface area contributed by atoms with Crippen LogP contribution in [-0.4, -0.2) is 25.2 Å². The molecule has 2 nitrogen and oxygen atoms in total. The van der Waals surface area contributed by atoms with Crippen LogP contribution in [0.4, 0.5) is 18.9 Å². The smallest absolute Gasteiger partial charge is 0.284 e. The van der Waals surface area contributed by atoms with Gasteiger partial charge in [-0.25, -0.2) is 0 Å². The summed E-state index contributed by atoms with van der Waals surface area (Å²) in [7, 11) is 1.13. The Balaban J connectivity index is 0. The highest BCUT2D eigenvalue weighted by atomic mass is 19.4. The molecule has 0 aliphatic rings. The number of nitrogens with zero attached hydrogens (tertiary/aromatic N) is 2. The molecule has 0 heterocycles. The molecule has 0 aliphatic carbocycles. The zero-order valence-corrected chi connectivity index (χ0v) is 31.3. The van der Waals surface area contributed by atoms with Gasteiger partial charge in [0.15, 0.2) is 0 Å². The molecule has 0 N–H and O–H groups in total. The molecular formula is C42H59F3N2. The molecule has 0 bridgehead atoms. The topological polar surface area (TPSA) is 24.7 Å². The van der Waals surface area contributed by atoms with Gasteiger partial charge < -0.3 is 0 Å². The minimum absolute atomic E-state index is 0.586. The lowest BCUT2D eigenvalue weighted by Crippen LogP contribution is -2.20. The molecule has 0 unspecified atom stereocenters. The van der Waals surface area contributed by atoms with Gasteiger partial charge in [-0.2, -0.15) is 13.2 Å². The van der Waals surface area contributed by atoms with Gasteiger partial charge in [0.05, 0.1) is 5.69 Å². The van der Waals surface area contributed by atoms with Crippen LogP contribution in [-0.2, 0) is 12.8 Å². The lowest BCUT2D eigenvalue weighted by atomic mass is 9.98. The van der Waals surface area contributed by atoms with Crippen LogP contribution in [0.3, 0.4) is 0 Å². The van der Waals surface area contributed by atoms with Gasteiger partial charge in [-0.05, 0) is 116 Å². The van der Waals surface area contributed by atoms with Crippen LogP contribution in [0, 0.1) is 27.7 Å². The molecule has 0 aromatic heterocycles. The van der Waals surface area contributed by atoms with Crippen molar-refractivity contribution < 1.29 is 13.2 Å². The number of alkyl halides is 3. The van der Waals surface area contributed by atoms with Crippen LogP contribution in [0.15, 0.2) is 101 Å². The number of benzene rings is 3. The standard InChI is InChI=1S/C14H19N.C11H14.C8H10.C7H10F3N.C2H6/c1-6-12-9-14(15-7-2)13(10(3)4)8-11(12)5;1-9(2)7-11-6-4-5-10(3)8-11;1-7-4-3-5-8(2)6-7;1-5(2)4-6(11-3)7(8,9)10;1-2/h7-9H,3,6H2,1-2,4-5H3;4-6,8H,1,7H2,2-3H3;3-6H,1-2H3;4H,1-3H3;1-2H3. The van der Waals surface area contributed by atoms with Gasteiger partial charge >= 0.3 is 6.18 Å². The first-order valence-corrected chi connectivity index (χ1v) is 16.1. The number of allylic oxidation sites excluding steroid dienone is 4. The Morgan fingerprint density at radius 2 is 1.32 bits per heavy atom. The SMILES string of the molecule is C=C(C)Cc1cccc(C)c1.C=C(C)c1cc(C)c(CC)cc1N=CC.CC.CN=C(C=C(C)C)C(F)(F)F.Cc1cccc(C)c1. The minimum Gasteiger partial charge on any atom is -0.284 e. The second-order valence-corrected chi connectivity index (χ2v) is 11.4. The molecule has 0 saturated heterocycles. The maximum atomic E-state index is 11.9. The average molecular weight is 649 g/mol. The summed E-state index contributed by atoms with van der Waals surface area (Å²) in [5.74, 6) is 0. The number of rotatable bonds is 6. The summed E-state index contributed by atoms with van der Waals surface area (Å²) in [5.41, 5.74) is 12.3. The second kappa shape index (κ2) is 24.2. The van der Waals surface area contributed by atoms with E-state index in [0.29, 0.717) is 5.57 Å². The lowest BCUT2D eigenvalue weighted by Gasteiger charge is -2.10. The largest absolute Gasteiger partial charge is 0.432 e. The van der Waals surface area contributed by atoms with Crippen LogP contribution < -0.4 is 0 Å². The third-order valence-corrected chi connectivity index (χ3v) is 6.28. The fourth-order valence-corrected chi connectivity index (χ4v) is 4.23. The Morgan fingerprint density at radius 3 is 1.64 bits per heavy atom. The van der Waals surface area contributed by atoms with Crippen molar-refractivity contribution in [2.24, 2.45) is 9.98 Å². The first-order chi connectivity index (χ1) is 21.9. The Morgan fingerprint density at radius 1 is 0.809 bits per heavy atom. The summed E-state index contributed by atoms with van der Waals surface area (Å²) in [6.45, 7) is 31.7. The molecule has 3 rings (SSSR count). The fraction of sp³-hybridized carbons (Fsp3) is 0.381. The zero-order valence-electron chi connectivity index (χ0n) is 31.3. The van der Waals surface area contributed by atoms with Gasteiger partial charge in [-0.3, -0.25) is 9.98 Å². The molecule has 5 heteroatoms. The lowest BCUT2D eigenvalue weighted by molar-refractivity contribution is -0.0578. The molecule has 0 radical (unpaired) electrons. The maximum absolute atomic E-state index is 11.9. The monoisotopic (exact) mass is 648 g/mol. The molecule has 258 valence electrons. The van der Waals surface area contributed by atoms with Gasteiger partial charge in [0.25, 0.3) is 0 Å². The number of aliphatic imine (C=N–C) groups is 2. The summed E-state index contributed by atoms with van der Waals surface area (Å²) >= 11 is 0. The van der Waals surface area contributed by atoms with Crippen molar-refractivity contribution in [3.05, 3.63) is 130 Å².